The fraction of sp³-hybridized carbons (Fsp3) is 0.476. The first-order valence-corrected chi connectivity index (χ1v) is 10.5. The van der Waals surface area contributed by atoms with Gasteiger partial charge in [-0.3, -0.25) is 0 Å². The lowest BCUT2D eigenvalue weighted by Gasteiger charge is -2.35. The van der Waals surface area contributed by atoms with Crippen molar-refractivity contribution in [3.63, 3.8) is 0 Å². The monoisotopic (exact) mass is 434 g/mol. The van der Waals surface area contributed by atoms with Crippen molar-refractivity contribution in [3.8, 4) is 0 Å². The number of halogens is 3. The summed E-state index contributed by atoms with van der Waals surface area (Å²) in [6.45, 7) is 6.06. The number of carbonyl (C=O) groups excluding carboxylic acids is 1. The molecule has 166 valence electrons. The third kappa shape index (κ3) is 4.67. The highest BCUT2D eigenvalue weighted by molar-refractivity contribution is 5.89. The Kier molecular flexibility index (Phi) is 6.15. The van der Waals surface area contributed by atoms with Crippen LogP contribution in [0.3, 0.4) is 0 Å². The Hall–Kier alpha value is -3.04. The van der Waals surface area contributed by atoms with E-state index < -0.39 is 23.5 Å². The molecule has 2 fully saturated rings. The highest BCUT2D eigenvalue weighted by Gasteiger charge is 2.24. The maximum atomic E-state index is 13.8. The summed E-state index contributed by atoms with van der Waals surface area (Å²) < 4.78 is 40.2. The number of nitrogens with zero attached hydrogens (tertiary/aromatic N) is 5. The van der Waals surface area contributed by atoms with Gasteiger partial charge in [-0.25, -0.2) is 18.0 Å². The van der Waals surface area contributed by atoms with Crippen LogP contribution in [0.1, 0.15) is 19.8 Å². The van der Waals surface area contributed by atoms with E-state index in [0.29, 0.717) is 26.2 Å². The van der Waals surface area contributed by atoms with Crippen molar-refractivity contribution in [2.75, 3.05) is 54.4 Å². The molecule has 4 rings (SSSR count). The molecule has 0 bridgehead atoms. The van der Waals surface area contributed by atoms with Crippen LogP contribution >= 0.6 is 0 Å². The zero-order valence-corrected chi connectivity index (χ0v) is 17.3. The molecule has 1 aromatic heterocycles. The van der Waals surface area contributed by atoms with Gasteiger partial charge in [0, 0.05) is 39.3 Å². The molecule has 2 aromatic rings. The van der Waals surface area contributed by atoms with Crippen LogP contribution < -0.4 is 15.1 Å². The molecule has 0 saturated carbocycles. The Balaban J connectivity index is 1.31. The molecule has 0 radical (unpaired) electrons. The number of piperidine rings is 1. The molecule has 0 atom stereocenters. The van der Waals surface area contributed by atoms with E-state index in [1.807, 2.05) is 17.0 Å². The summed E-state index contributed by atoms with van der Waals surface area (Å²) in [5, 5.41) is 11.0. The van der Waals surface area contributed by atoms with Gasteiger partial charge in [0.1, 0.15) is 0 Å². The molecular weight excluding hydrogens is 409 g/mol. The zero-order valence-electron chi connectivity index (χ0n) is 17.3. The van der Waals surface area contributed by atoms with Crippen LogP contribution in [0.4, 0.5) is 35.3 Å². The maximum absolute atomic E-state index is 13.8. The molecule has 0 aliphatic carbocycles. The van der Waals surface area contributed by atoms with Crippen molar-refractivity contribution in [2.24, 2.45) is 5.92 Å². The van der Waals surface area contributed by atoms with Gasteiger partial charge in [0.05, 0.1) is 5.69 Å². The predicted octanol–water partition coefficient (Wildman–Crippen LogP) is 3.48. The lowest BCUT2D eigenvalue weighted by atomic mass is 9.99. The summed E-state index contributed by atoms with van der Waals surface area (Å²) in [6.07, 6.45) is 2.31. The second-order valence-electron chi connectivity index (χ2n) is 8.05. The van der Waals surface area contributed by atoms with Crippen molar-refractivity contribution in [1.29, 1.82) is 0 Å². The van der Waals surface area contributed by atoms with Gasteiger partial charge in [-0.05, 0) is 43.0 Å². The van der Waals surface area contributed by atoms with E-state index in [-0.39, 0.29) is 5.69 Å². The van der Waals surface area contributed by atoms with Gasteiger partial charge >= 0.3 is 6.03 Å². The van der Waals surface area contributed by atoms with Gasteiger partial charge in [0.15, 0.2) is 29.1 Å². The van der Waals surface area contributed by atoms with Crippen LogP contribution in [0.15, 0.2) is 24.3 Å². The van der Waals surface area contributed by atoms with Crippen LogP contribution in [0, 0.1) is 23.4 Å². The topological polar surface area (TPSA) is 64.6 Å². The summed E-state index contributed by atoms with van der Waals surface area (Å²) in [4.78, 5) is 18.1. The minimum absolute atomic E-state index is 0.380. The normalized spacial score (nSPS) is 17.7. The smallest absolute Gasteiger partial charge is 0.322 e. The van der Waals surface area contributed by atoms with Crippen molar-refractivity contribution < 1.29 is 18.0 Å². The van der Waals surface area contributed by atoms with E-state index in [9.17, 15) is 18.0 Å². The van der Waals surface area contributed by atoms with E-state index in [4.69, 9.17) is 0 Å². The number of urea groups is 1. The van der Waals surface area contributed by atoms with Gasteiger partial charge in [0.25, 0.3) is 0 Å². The lowest BCUT2D eigenvalue weighted by molar-refractivity contribution is 0.208. The third-order valence-electron chi connectivity index (χ3n) is 5.91. The average molecular weight is 434 g/mol. The number of aromatic nitrogens is 2. The fourth-order valence-corrected chi connectivity index (χ4v) is 3.85. The van der Waals surface area contributed by atoms with Gasteiger partial charge < -0.3 is 20.0 Å². The Morgan fingerprint density at radius 1 is 0.871 bits per heavy atom. The Morgan fingerprint density at radius 2 is 1.45 bits per heavy atom. The summed E-state index contributed by atoms with van der Waals surface area (Å²) in [5.41, 5.74) is -0.389. The van der Waals surface area contributed by atoms with Gasteiger partial charge in [-0.15, -0.1) is 10.2 Å². The average Bonchev–Trinajstić information content (AvgIpc) is 2.80. The number of benzene rings is 1. The van der Waals surface area contributed by atoms with E-state index >= 15 is 0 Å². The highest BCUT2D eigenvalue weighted by atomic mass is 19.2. The van der Waals surface area contributed by atoms with Crippen molar-refractivity contribution >= 4 is 23.4 Å². The van der Waals surface area contributed by atoms with E-state index in [1.54, 1.807) is 0 Å². The molecule has 1 N–H and O–H groups in total. The SMILES string of the molecule is CC1CCN(c2ccc(N3CCN(C(=O)Nc4ccc(F)c(F)c4F)CC3)nn2)CC1. The Morgan fingerprint density at radius 3 is 2.03 bits per heavy atom. The molecule has 31 heavy (non-hydrogen) atoms. The maximum Gasteiger partial charge on any atom is 0.322 e. The third-order valence-corrected chi connectivity index (χ3v) is 5.91. The second kappa shape index (κ2) is 8.99. The molecule has 2 aliphatic heterocycles. The van der Waals surface area contributed by atoms with Gasteiger partial charge in [0.2, 0.25) is 0 Å². The van der Waals surface area contributed by atoms with Crippen molar-refractivity contribution in [1.82, 2.24) is 15.1 Å². The van der Waals surface area contributed by atoms with Crippen LogP contribution in [0.5, 0.6) is 0 Å². The minimum Gasteiger partial charge on any atom is -0.355 e. The second-order valence-corrected chi connectivity index (χ2v) is 8.05. The fourth-order valence-electron chi connectivity index (χ4n) is 3.85. The first kappa shape index (κ1) is 21.2. The number of nitrogens with one attached hydrogen (secondary N) is 1. The number of piperazine rings is 1. The summed E-state index contributed by atoms with van der Waals surface area (Å²) >= 11 is 0. The molecule has 10 heteroatoms. The molecule has 0 unspecified atom stereocenters. The minimum atomic E-state index is -1.61. The molecule has 3 heterocycles. The largest absolute Gasteiger partial charge is 0.355 e. The number of carbonyl (C=O) groups is 1. The Bertz CT molecular complexity index is 925. The van der Waals surface area contributed by atoms with Gasteiger partial charge in [-0.1, -0.05) is 6.92 Å². The van der Waals surface area contributed by atoms with Crippen LogP contribution in [-0.4, -0.2) is 60.4 Å². The van der Waals surface area contributed by atoms with Crippen LogP contribution in [0.2, 0.25) is 0 Å². The highest BCUT2D eigenvalue weighted by Crippen LogP contribution is 2.23. The first-order valence-electron chi connectivity index (χ1n) is 10.5. The number of anilines is 3. The quantitative estimate of drug-likeness (QED) is 0.750. The zero-order chi connectivity index (χ0) is 22.0. The van der Waals surface area contributed by atoms with Crippen molar-refractivity contribution in [2.45, 2.75) is 19.8 Å². The summed E-state index contributed by atoms with van der Waals surface area (Å²) in [5.74, 6) is -1.96. The molecule has 2 saturated heterocycles. The van der Waals surface area contributed by atoms with E-state index in [1.165, 1.54) is 4.90 Å². The number of hydrogen-bond acceptors (Lipinski definition) is 5. The molecule has 1 aromatic carbocycles. The lowest BCUT2D eigenvalue weighted by Crippen LogP contribution is -2.50. The van der Waals surface area contributed by atoms with Gasteiger partial charge in [-0.2, -0.15) is 0 Å². The summed E-state index contributed by atoms with van der Waals surface area (Å²) in [7, 11) is 0. The molecule has 2 aliphatic rings. The van der Waals surface area contributed by atoms with E-state index in [2.05, 4.69) is 27.3 Å². The Labute approximate surface area is 178 Å². The number of hydrogen-bond donors (Lipinski definition) is 1. The first-order chi connectivity index (χ1) is 14.9. The molecule has 2 amide bonds. The molecular formula is C21H25F3N6O. The molecule has 7 nitrogen and oxygen atoms in total. The van der Waals surface area contributed by atoms with Crippen LogP contribution in [-0.2, 0) is 0 Å². The predicted molar refractivity (Wildman–Crippen MR) is 112 cm³/mol. The number of rotatable bonds is 3. The van der Waals surface area contributed by atoms with E-state index in [0.717, 1.165) is 55.6 Å². The van der Waals surface area contributed by atoms with Crippen molar-refractivity contribution in [3.05, 3.63) is 41.7 Å². The molecule has 0 spiro atoms. The van der Waals surface area contributed by atoms with Crippen LogP contribution in [0.25, 0.3) is 0 Å². The standard InChI is InChI=1S/C21H25F3N6O/c1-14-6-8-28(9-7-14)17-4-5-18(27-26-17)29-10-12-30(13-11-29)21(31)25-16-3-2-15(22)19(23)20(16)24/h2-5,14H,6-13H2,1H3,(H,25,31). The summed E-state index contributed by atoms with van der Waals surface area (Å²) in [6, 6.07) is 5.13. The number of amides is 2.